The van der Waals surface area contributed by atoms with Gasteiger partial charge in [-0.1, -0.05) is 29.8 Å². The lowest BCUT2D eigenvalue weighted by Crippen LogP contribution is -2.29. The molecule has 0 fully saturated rings. The van der Waals surface area contributed by atoms with Crippen LogP contribution in [0.15, 0.2) is 30.5 Å². The number of nitrogens with zero attached hydrogens (tertiary/aromatic N) is 2. The van der Waals surface area contributed by atoms with Crippen molar-refractivity contribution in [2.75, 3.05) is 6.54 Å². The fraction of sp³-hybridized carbons (Fsp3) is 0.214. The van der Waals surface area contributed by atoms with Gasteiger partial charge in [0, 0.05) is 12.1 Å². The van der Waals surface area contributed by atoms with Crippen LogP contribution in [0, 0.1) is 12.7 Å². The molecule has 1 aromatic heterocycles. The van der Waals surface area contributed by atoms with Gasteiger partial charge in [0.25, 0.3) is 5.91 Å². The van der Waals surface area contributed by atoms with Crippen LogP contribution >= 0.6 is 11.6 Å². The fourth-order valence-corrected chi connectivity index (χ4v) is 1.92. The molecule has 1 amide bonds. The van der Waals surface area contributed by atoms with Gasteiger partial charge in [0.05, 0.1) is 17.3 Å². The van der Waals surface area contributed by atoms with Crippen molar-refractivity contribution in [2.45, 2.75) is 13.0 Å². The Bertz CT molecular complexity index is 666. The van der Waals surface area contributed by atoms with Crippen molar-refractivity contribution in [3.63, 3.8) is 0 Å². The lowest BCUT2D eigenvalue weighted by atomic mass is 10.1. The van der Waals surface area contributed by atoms with Gasteiger partial charge in [0.15, 0.2) is 0 Å². The van der Waals surface area contributed by atoms with Crippen LogP contribution in [-0.2, 0) is 0 Å². The molecule has 1 aromatic carbocycles. The summed E-state index contributed by atoms with van der Waals surface area (Å²) in [6.07, 6.45) is 0.170. The Hall–Kier alpha value is -2.05. The number of rotatable bonds is 4. The van der Waals surface area contributed by atoms with Crippen LogP contribution in [0.4, 0.5) is 4.39 Å². The Balaban J connectivity index is 2.04. The van der Waals surface area contributed by atoms with E-state index in [1.54, 1.807) is 13.0 Å². The largest absolute Gasteiger partial charge is 0.386 e. The van der Waals surface area contributed by atoms with Crippen LogP contribution < -0.4 is 5.32 Å². The highest BCUT2D eigenvalue weighted by atomic mass is 35.5. The average molecular weight is 310 g/mol. The first-order valence-corrected chi connectivity index (χ1v) is 6.56. The van der Waals surface area contributed by atoms with Gasteiger partial charge in [-0.05, 0) is 13.0 Å². The minimum atomic E-state index is -1.16. The Kier molecular flexibility index (Phi) is 4.82. The maximum atomic E-state index is 13.5. The van der Waals surface area contributed by atoms with Gasteiger partial charge in [-0.3, -0.25) is 4.79 Å². The molecule has 21 heavy (non-hydrogen) atoms. The monoisotopic (exact) mass is 309 g/mol. The van der Waals surface area contributed by atoms with Gasteiger partial charge in [0.1, 0.15) is 17.3 Å². The van der Waals surface area contributed by atoms with Crippen LogP contribution in [-0.4, -0.2) is 27.5 Å². The number of benzene rings is 1. The third-order valence-corrected chi connectivity index (χ3v) is 3.08. The van der Waals surface area contributed by atoms with Crippen LogP contribution in [0.1, 0.15) is 28.0 Å². The van der Waals surface area contributed by atoms with Crippen LogP contribution in [0.25, 0.3) is 0 Å². The molecule has 0 aliphatic rings. The summed E-state index contributed by atoms with van der Waals surface area (Å²) in [7, 11) is 0. The van der Waals surface area contributed by atoms with E-state index in [0.29, 0.717) is 5.82 Å². The average Bonchev–Trinajstić information content (AvgIpc) is 2.47. The first kappa shape index (κ1) is 15.3. The lowest BCUT2D eigenvalue weighted by molar-refractivity contribution is 0.0909. The smallest absolute Gasteiger partial charge is 0.271 e. The Morgan fingerprint density at radius 3 is 2.90 bits per heavy atom. The predicted octanol–water partition coefficient (Wildman–Crippen LogP) is 2.04. The van der Waals surface area contributed by atoms with Crippen molar-refractivity contribution >= 4 is 17.5 Å². The lowest BCUT2D eigenvalue weighted by Gasteiger charge is -2.13. The topological polar surface area (TPSA) is 75.1 Å². The first-order chi connectivity index (χ1) is 9.99. The number of hydrogen-bond donors (Lipinski definition) is 2. The summed E-state index contributed by atoms with van der Waals surface area (Å²) in [5.74, 6) is -0.685. The molecule has 1 unspecified atom stereocenters. The Morgan fingerprint density at radius 1 is 1.48 bits per heavy atom. The molecule has 1 heterocycles. The van der Waals surface area contributed by atoms with Crippen molar-refractivity contribution < 1.29 is 14.3 Å². The van der Waals surface area contributed by atoms with Crippen molar-refractivity contribution in [1.29, 1.82) is 0 Å². The maximum Gasteiger partial charge on any atom is 0.271 e. The quantitative estimate of drug-likeness (QED) is 0.906. The molecule has 2 aromatic rings. The van der Waals surface area contributed by atoms with Crippen molar-refractivity contribution in [2.24, 2.45) is 0 Å². The second-order valence-corrected chi connectivity index (χ2v) is 4.77. The molecule has 2 rings (SSSR count). The van der Waals surface area contributed by atoms with E-state index < -0.39 is 17.8 Å². The number of aliphatic hydroxyl groups excluding tert-OH is 1. The van der Waals surface area contributed by atoms with E-state index in [9.17, 15) is 14.3 Å². The Morgan fingerprint density at radius 2 is 2.19 bits per heavy atom. The van der Waals surface area contributed by atoms with Crippen LogP contribution in [0.5, 0.6) is 0 Å². The third-order valence-electron chi connectivity index (χ3n) is 2.80. The molecule has 0 saturated carbocycles. The maximum absolute atomic E-state index is 13.5. The minimum absolute atomic E-state index is 0.0184. The van der Waals surface area contributed by atoms with Crippen molar-refractivity contribution in [3.8, 4) is 0 Å². The van der Waals surface area contributed by atoms with E-state index in [-0.39, 0.29) is 22.8 Å². The summed E-state index contributed by atoms with van der Waals surface area (Å²) >= 11 is 5.84. The second kappa shape index (κ2) is 6.60. The number of nitrogens with one attached hydrogen (secondary N) is 1. The zero-order valence-electron chi connectivity index (χ0n) is 11.2. The van der Waals surface area contributed by atoms with Gasteiger partial charge < -0.3 is 10.4 Å². The van der Waals surface area contributed by atoms with Crippen LogP contribution in [0.3, 0.4) is 0 Å². The SMILES string of the molecule is Cc1ncc(Cl)c(C(=O)NCC(O)c2ccccc2F)n1. The molecule has 0 radical (unpaired) electrons. The molecule has 110 valence electrons. The molecule has 0 aliphatic carbocycles. The summed E-state index contributed by atoms with van der Waals surface area (Å²) in [6.45, 7) is 1.47. The normalized spacial score (nSPS) is 12.0. The molecule has 0 saturated heterocycles. The molecule has 0 spiro atoms. The number of carbonyl (C=O) groups excluding carboxylic acids is 1. The molecule has 0 aliphatic heterocycles. The number of aryl methyl sites for hydroxylation is 1. The number of hydrogen-bond acceptors (Lipinski definition) is 4. The minimum Gasteiger partial charge on any atom is -0.386 e. The zero-order valence-corrected chi connectivity index (χ0v) is 11.9. The fourth-order valence-electron chi connectivity index (χ4n) is 1.74. The molecular formula is C14H13ClFN3O2. The number of amides is 1. The van der Waals surface area contributed by atoms with E-state index >= 15 is 0 Å². The highest BCUT2D eigenvalue weighted by Gasteiger charge is 2.17. The van der Waals surface area contributed by atoms with Gasteiger partial charge in [-0.2, -0.15) is 0 Å². The summed E-state index contributed by atoms with van der Waals surface area (Å²) in [5, 5.41) is 12.5. The van der Waals surface area contributed by atoms with E-state index in [0.717, 1.165) is 0 Å². The third kappa shape index (κ3) is 3.74. The highest BCUT2D eigenvalue weighted by molar-refractivity contribution is 6.33. The summed E-state index contributed by atoms with van der Waals surface area (Å²) in [4.78, 5) is 19.7. The standard InChI is InChI=1S/C14H13ClFN3O2/c1-8-17-6-10(15)13(19-8)14(21)18-7-12(20)9-4-2-3-5-11(9)16/h2-6,12,20H,7H2,1H3,(H,18,21). The number of aromatic nitrogens is 2. The molecule has 2 N–H and O–H groups in total. The number of aliphatic hydroxyl groups is 1. The number of halogens is 2. The molecule has 5 nitrogen and oxygen atoms in total. The predicted molar refractivity (Wildman–Crippen MR) is 75.5 cm³/mol. The van der Waals surface area contributed by atoms with Crippen LogP contribution in [0.2, 0.25) is 5.02 Å². The summed E-state index contributed by atoms with van der Waals surface area (Å²) < 4.78 is 13.5. The van der Waals surface area contributed by atoms with Gasteiger partial charge >= 0.3 is 0 Å². The zero-order chi connectivity index (χ0) is 15.4. The summed E-state index contributed by atoms with van der Waals surface area (Å²) in [6, 6.07) is 5.82. The molecule has 7 heteroatoms. The van der Waals surface area contributed by atoms with Crippen molar-refractivity contribution in [3.05, 3.63) is 58.4 Å². The van der Waals surface area contributed by atoms with E-state index in [1.165, 1.54) is 24.4 Å². The molecular weight excluding hydrogens is 297 g/mol. The van der Waals surface area contributed by atoms with Crippen molar-refractivity contribution in [1.82, 2.24) is 15.3 Å². The molecule has 1 atom stereocenters. The van der Waals surface area contributed by atoms with E-state index in [2.05, 4.69) is 15.3 Å². The van der Waals surface area contributed by atoms with E-state index in [4.69, 9.17) is 11.6 Å². The Labute approximate surface area is 125 Å². The van der Waals surface area contributed by atoms with Gasteiger partial charge in [-0.15, -0.1) is 0 Å². The second-order valence-electron chi connectivity index (χ2n) is 4.36. The van der Waals surface area contributed by atoms with E-state index in [1.807, 2.05) is 0 Å². The highest BCUT2D eigenvalue weighted by Crippen LogP contribution is 2.16. The number of carbonyl (C=O) groups is 1. The van der Waals surface area contributed by atoms with Gasteiger partial charge in [0.2, 0.25) is 0 Å². The van der Waals surface area contributed by atoms with Gasteiger partial charge in [-0.25, -0.2) is 14.4 Å². The first-order valence-electron chi connectivity index (χ1n) is 6.19. The summed E-state index contributed by atoms with van der Waals surface area (Å²) in [5.41, 5.74) is 0.132. The molecule has 0 bridgehead atoms.